The molecule has 112 heavy (non-hydrogen) atoms. The predicted octanol–water partition coefficient (Wildman–Crippen LogP) is 9.45. The van der Waals surface area contributed by atoms with Crippen molar-refractivity contribution < 1.29 is 89.5 Å². The number of nitrogens with zero attached hydrogens (tertiary/aromatic N) is 4. The van der Waals surface area contributed by atoms with Crippen molar-refractivity contribution in [3.05, 3.63) is 148 Å². The molecule has 0 atom stereocenters. The summed E-state index contributed by atoms with van der Waals surface area (Å²) in [6.07, 6.45) is 27.2. The molecule has 8 aromatic rings. The van der Waals surface area contributed by atoms with Gasteiger partial charge in [0.2, 0.25) is 0 Å². The van der Waals surface area contributed by atoms with E-state index in [4.69, 9.17) is 36.6 Å². The number of sulfonamides is 4. The first kappa shape index (κ1) is 74.8. The van der Waals surface area contributed by atoms with Gasteiger partial charge < -0.3 is 57.9 Å². The van der Waals surface area contributed by atoms with Gasteiger partial charge in [0.15, 0.2) is 11.5 Å². The molecule has 0 radical (unpaired) electrons. The Hall–Kier alpha value is -9.88. The van der Waals surface area contributed by atoms with E-state index in [0.717, 1.165) is 234 Å². The van der Waals surface area contributed by atoms with Crippen molar-refractivity contribution in [2.24, 2.45) is 0 Å². The highest BCUT2D eigenvalue weighted by molar-refractivity contribution is 7.90. The number of anilines is 4. The third kappa shape index (κ3) is 15.2. The second-order valence-electron chi connectivity index (χ2n) is 29.8. The number of hydrogen-bond acceptors (Lipinski definition) is 24. The van der Waals surface area contributed by atoms with E-state index in [1.165, 1.54) is 44.5 Å². The molecular weight excluding hydrogens is 1530 g/mol. The van der Waals surface area contributed by atoms with Gasteiger partial charge in [0.25, 0.3) is 5.88 Å². The fourth-order valence-electron chi connectivity index (χ4n) is 17.5. The third-order valence-corrected chi connectivity index (χ3v) is 26.8. The van der Waals surface area contributed by atoms with Crippen molar-refractivity contribution in [1.82, 2.24) is 38.8 Å². The molecule has 8 N–H and O–H groups in total. The summed E-state index contributed by atoms with van der Waals surface area (Å²) < 4.78 is 151. The van der Waals surface area contributed by atoms with E-state index >= 15 is 0 Å². The normalized spacial score (nSPS) is 17.6. The van der Waals surface area contributed by atoms with Gasteiger partial charge in [-0.25, -0.2) is 43.1 Å². The summed E-state index contributed by atoms with van der Waals surface area (Å²) in [7, 11) is -16.8. The highest BCUT2D eigenvalue weighted by atomic mass is 32.2. The lowest BCUT2D eigenvalue weighted by Crippen LogP contribution is -2.35. The Balaban J connectivity index is 0.000000108. The van der Waals surface area contributed by atoms with Gasteiger partial charge in [-0.1, -0.05) is 24.3 Å². The van der Waals surface area contributed by atoms with E-state index < -0.39 is 85.1 Å². The number of aromatic nitrogens is 4. The number of fused-ring (bicyclic) bond motifs is 12. The minimum atomic E-state index is -4.22. The van der Waals surface area contributed by atoms with Crippen molar-refractivity contribution in [2.75, 3.05) is 47.7 Å². The summed E-state index contributed by atoms with van der Waals surface area (Å²) in [5.41, 5.74) is 23.8. The van der Waals surface area contributed by atoms with Gasteiger partial charge in [-0.15, -0.1) is 0 Å². The van der Waals surface area contributed by atoms with Crippen molar-refractivity contribution in [2.45, 2.75) is 227 Å². The second-order valence-corrected chi connectivity index (χ2v) is 36.0. The minimum Gasteiger partial charge on any atom is -0.475 e. The number of hydrogen-bond donors (Lipinski definition) is 8. The summed E-state index contributed by atoms with van der Waals surface area (Å²) in [4.78, 5) is 66.0. The number of urea groups is 4. The van der Waals surface area contributed by atoms with E-state index in [0.29, 0.717) is 86.5 Å². The van der Waals surface area contributed by atoms with Crippen molar-refractivity contribution >= 4 is 87.0 Å². The Morgan fingerprint density at radius 3 is 0.982 bits per heavy atom. The van der Waals surface area contributed by atoms with Crippen molar-refractivity contribution in [3.8, 4) is 11.8 Å². The summed E-state index contributed by atoms with van der Waals surface area (Å²) in [5, 5.41) is 9.13. The maximum atomic E-state index is 12.5. The fourth-order valence-corrected chi connectivity index (χ4v) is 20.8. The summed E-state index contributed by atoms with van der Waals surface area (Å²) in [6.45, 7) is 2.25. The maximum absolute atomic E-state index is 12.5. The van der Waals surface area contributed by atoms with Crippen molar-refractivity contribution in [3.63, 3.8) is 0 Å². The van der Waals surface area contributed by atoms with E-state index in [9.17, 15) is 52.8 Å². The molecular formula is C76H84N12O20S4. The van der Waals surface area contributed by atoms with Crippen LogP contribution in [-0.4, -0.2) is 104 Å². The van der Waals surface area contributed by atoms with Crippen LogP contribution in [0.1, 0.15) is 188 Å². The first-order chi connectivity index (χ1) is 54.0. The fraction of sp³-hybridized carbons (Fsp3) is 0.474. The Labute approximate surface area is 645 Å². The number of benzene rings is 4. The van der Waals surface area contributed by atoms with Crippen LogP contribution in [0.15, 0.2) is 62.8 Å². The largest absolute Gasteiger partial charge is 0.475 e. The zero-order chi connectivity index (χ0) is 77.2. The minimum absolute atomic E-state index is 0.116. The van der Waals surface area contributed by atoms with Gasteiger partial charge in [-0.2, -0.15) is 48.6 Å². The topological polar surface area (TPSA) is 442 Å². The molecule has 20 rings (SSSR count). The second kappa shape index (κ2) is 30.6. The van der Waals surface area contributed by atoms with Crippen LogP contribution in [0.3, 0.4) is 0 Å². The standard InChI is InChI=1S/4C19H21N3O5S/c23-18(22-28(24,25)19-21-17-15(27-19)8-3-9-26-17)20-16-13-6-1-4-11(13)10-12-5-2-7-14(12)16;23-18(22-28(24,25)19-20-15-8-3-9-26-17(15)27-19)21-16-13-6-1-4-11(13)10-12-5-2-7-14(12)16;23-18(22-28(24,25)19-20-15-10-26-8-7-16(15)27-19)21-17-13-5-1-3-11(13)9-12-4-2-6-14(12)17;23-18(22-28(24,25)19-20-15-7-8-26-10-16(15)27-19)21-17-13-5-1-3-11(13)9-12-4-2-6-14(12)17/h10H,1-9H2,(H2,20,22,23);10H,1-9H2,(H2,21,22,23);2*9H,1-8,10H2,(H2,21,22,23). The number of ether oxygens (including phenoxy) is 4. The first-order valence-corrected chi connectivity index (χ1v) is 44.4. The first-order valence-electron chi connectivity index (χ1n) is 38.4. The molecule has 36 heteroatoms. The summed E-state index contributed by atoms with van der Waals surface area (Å²) in [6, 6.07) is 5.83. The Kier molecular flexibility index (Phi) is 20.4. The third-order valence-electron chi connectivity index (χ3n) is 22.5. The van der Waals surface area contributed by atoms with Crippen molar-refractivity contribution in [1.29, 1.82) is 0 Å². The molecule has 8 aliphatic carbocycles. The van der Waals surface area contributed by atoms with E-state index in [1.807, 2.05) is 18.9 Å². The lowest BCUT2D eigenvalue weighted by atomic mass is 9.99. The molecule has 0 bridgehead atoms. The average Bonchev–Trinajstić information content (AvgIpc) is 1.61. The molecule has 0 spiro atoms. The van der Waals surface area contributed by atoms with Crippen LogP contribution in [0.2, 0.25) is 0 Å². The number of oxazole rings is 4. The van der Waals surface area contributed by atoms with E-state index in [-0.39, 0.29) is 25.0 Å². The lowest BCUT2D eigenvalue weighted by Gasteiger charge is -2.16. The number of amides is 8. The van der Waals surface area contributed by atoms with Gasteiger partial charge in [-0.05, 0) is 256 Å². The molecule has 0 saturated carbocycles. The number of carbonyl (C=O) groups excluding carboxylic acids is 4. The van der Waals surface area contributed by atoms with Crippen LogP contribution >= 0.6 is 0 Å². The molecule has 8 heterocycles. The van der Waals surface area contributed by atoms with Crippen LogP contribution in [0.25, 0.3) is 0 Å². The number of carbonyl (C=O) groups is 4. The maximum Gasteiger partial charge on any atom is 0.340 e. The van der Waals surface area contributed by atoms with Gasteiger partial charge in [0, 0.05) is 48.4 Å². The molecule has 0 saturated heterocycles. The molecule has 4 aliphatic heterocycles. The van der Waals surface area contributed by atoms with Gasteiger partial charge in [0.05, 0.1) is 38.7 Å². The monoisotopic (exact) mass is 1610 g/mol. The predicted molar refractivity (Wildman–Crippen MR) is 400 cm³/mol. The highest BCUT2D eigenvalue weighted by Crippen LogP contribution is 2.44. The quantitative estimate of drug-likeness (QED) is 0.0564. The lowest BCUT2D eigenvalue weighted by molar-refractivity contribution is 0.0911. The SMILES string of the molecule is O=C(Nc1c2c(cc3c1CCC3)CCC2)NS(=O)(=O)c1nc2c(o1)CCCO2.O=C(Nc1c2c(cc3c1CCC3)CCC2)NS(=O)(=O)c1nc2c(o1)CCOC2.O=C(Nc1c2c(cc3c1CCC3)CCC2)NS(=O)(=O)c1nc2c(o1)COCC2.O=C(Nc1c2c(cc3c1CCC3)CCC2)NS(=O)(=O)c1nc2c(o1)OCCC2. The Morgan fingerprint density at radius 1 is 0.286 bits per heavy atom. The molecule has 0 unspecified atom stereocenters. The van der Waals surface area contributed by atoms with Gasteiger partial charge in [0.1, 0.15) is 23.8 Å². The Bertz CT molecular complexity index is 4760. The summed E-state index contributed by atoms with van der Waals surface area (Å²) in [5.74, 6) is 1.58. The van der Waals surface area contributed by atoms with E-state index in [2.05, 4.69) is 65.5 Å². The Morgan fingerprint density at radius 2 is 0.607 bits per heavy atom. The zero-order valence-corrected chi connectivity index (χ0v) is 64.6. The smallest absolute Gasteiger partial charge is 0.340 e. The highest BCUT2D eigenvalue weighted by Gasteiger charge is 2.37. The van der Waals surface area contributed by atoms with Gasteiger partial charge in [-0.3, -0.25) is 0 Å². The molecule has 32 nitrogen and oxygen atoms in total. The van der Waals surface area contributed by atoms with Crippen LogP contribution < -0.4 is 49.6 Å². The molecule has 8 amide bonds. The average molecular weight is 1610 g/mol. The molecule has 0 fully saturated rings. The molecule has 4 aromatic carbocycles. The molecule has 592 valence electrons. The number of rotatable bonds is 12. The number of nitrogens with one attached hydrogen (secondary N) is 8. The van der Waals surface area contributed by atoms with Crippen LogP contribution in [0.4, 0.5) is 41.9 Å². The summed E-state index contributed by atoms with van der Waals surface area (Å²) >= 11 is 0. The van der Waals surface area contributed by atoms with Crippen LogP contribution in [-0.2, 0) is 191 Å². The van der Waals surface area contributed by atoms with Crippen LogP contribution in [0.5, 0.6) is 11.8 Å². The zero-order valence-electron chi connectivity index (χ0n) is 61.4. The molecule has 12 aliphatic rings. The molecule has 4 aromatic heterocycles. The van der Waals surface area contributed by atoms with E-state index in [1.54, 1.807) is 0 Å². The van der Waals surface area contributed by atoms with Crippen LogP contribution in [0, 0.1) is 0 Å². The van der Waals surface area contributed by atoms with Gasteiger partial charge >= 0.3 is 91.1 Å². The number of aryl methyl sites for hydroxylation is 10.